The molecule has 2 heterocycles. The second-order valence-corrected chi connectivity index (χ2v) is 8.14. The first-order valence-electron chi connectivity index (χ1n) is 10.7. The zero-order valence-corrected chi connectivity index (χ0v) is 17.5. The Morgan fingerprint density at radius 3 is 2.55 bits per heavy atom. The monoisotopic (exact) mass is 393 g/mol. The number of hydrogen-bond acceptors (Lipinski definition) is 4. The zero-order valence-electron chi connectivity index (χ0n) is 17.5. The van der Waals surface area contributed by atoms with E-state index in [1.165, 1.54) is 11.3 Å². The Balaban J connectivity index is 1.22. The number of nitrogens with zero attached hydrogens (tertiary/aromatic N) is 3. The van der Waals surface area contributed by atoms with Gasteiger partial charge in [0.2, 0.25) is 5.91 Å². The van der Waals surface area contributed by atoms with Crippen molar-refractivity contribution in [3.63, 3.8) is 0 Å². The van der Waals surface area contributed by atoms with Gasteiger partial charge in [-0.05, 0) is 36.1 Å². The number of para-hydroxylation sites is 1. The van der Waals surface area contributed by atoms with Gasteiger partial charge in [0.05, 0.1) is 12.3 Å². The minimum Gasteiger partial charge on any atom is -0.493 e. The van der Waals surface area contributed by atoms with Gasteiger partial charge < -0.3 is 14.5 Å². The van der Waals surface area contributed by atoms with Gasteiger partial charge in [-0.2, -0.15) is 0 Å². The van der Waals surface area contributed by atoms with Gasteiger partial charge in [0.25, 0.3) is 0 Å². The van der Waals surface area contributed by atoms with Crippen LogP contribution in [0.5, 0.6) is 5.75 Å². The van der Waals surface area contributed by atoms with Crippen molar-refractivity contribution in [1.82, 2.24) is 4.90 Å². The molecule has 1 amide bonds. The average Bonchev–Trinajstić information content (AvgIpc) is 2.76. The summed E-state index contributed by atoms with van der Waals surface area (Å²) in [6.45, 7) is 8.22. The molecule has 2 aliphatic rings. The Bertz CT molecular complexity index is 831. The van der Waals surface area contributed by atoms with Crippen molar-refractivity contribution in [3.8, 4) is 5.75 Å². The van der Waals surface area contributed by atoms with Crippen LogP contribution in [0, 0.1) is 0 Å². The number of piperazine rings is 1. The molecule has 4 rings (SSSR count). The molecule has 0 bridgehead atoms. The maximum Gasteiger partial charge on any atom is 0.227 e. The normalized spacial score (nSPS) is 19.9. The molecule has 2 aromatic carbocycles. The van der Waals surface area contributed by atoms with E-state index in [4.69, 9.17) is 4.74 Å². The maximum absolute atomic E-state index is 12.1. The van der Waals surface area contributed by atoms with Gasteiger partial charge in [0.15, 0.2) is 0 Å². The summed E-state index contributed by atoms with van der Waals surface area (Å²) in [7, 11) is 1.85. The molecular weight excluding hydrogens is 362 g/mol. The minimum absolute atomic E-state index is 0.178. The Morgan fingerprint density at radius 1 is 1.03 bits per heavy atom. The topological polar surface area (TPSA) is 36.0 Å². The van der Waals surface area contributed by atoms with Crippen LogP contribution >= 0.6 is 0 Å². The molecule has 2 aliphatic heterocycles. The molecule has 2 aromatic rings. The van der Waals surface area contributed by atoms with Gasteiger partial charge >= 0.3 is 0 Å². The first-order chi connectivity index (χ1) is 14.1. The van der Waals surface area contributed by atoms with Crippen LogP contribution in [0.4, 0.5) is 11.4 Å². The summed E-state index contributed by atoms with van der Waals surface area (Å²) in [6, 6.07) is 16.8. The van der Waals surface area contributed by atoms with Gasteiger partial charge in [-0.15, -0.1) is 0 Å². The summed E-state index contributed by atoms with van der Waals surface area (Å²) in [4.78, 5) is 18.8. The van der Waals surface area contributed by atoms with Crippen LogP contribution in [0.1, 0.15) is 31.2 Å². The standard InChI is InChI=1S/C24H31N3O2/c1-19-17-24(28)25(2)23-18-21(9-10-22(19)23)29-16-6-11-26-12-14-27(15-13-26)20-7-4-3-5-8-20/h3-5,7-10,18-19H,6,11-17H2,1-2H3. The lowest BCUT2D eigenvalue weighted by atomic mass is 9.91. The number of fused-ring (bicyclic) bond motifs is 1. The lowest BCUT2D eigenvalue weighted by Gasteiger charge is -2.36. The minimum atomic E-state index is 0.178. The summed E-state index contributed by atoms with van der Waals surface area (Å²) in [5, 5.41) is 0. The summed E-state index contributed by atoms with van der Waals surface area (Å²) >= 11 is 0. The molecule has 5 nitrogen and oxygen atoms in total. The predicted octanol–water partition coefficient (Wildman–Crippen LogP) is 3.75. The van der Waals surface area contributed by atoms with Crippen LogP contribution in [0.2, 0.25) is 0 Å². The van der Waals surface area contributed by atoms with E-state index in [2.05, 4.69) is 53.1 Å². The maximum atomic E-state index is 12.1. The molecule has 0 aromatic heterocycles. The number of anilines is 2. The van der Waals surface area contributed by atoms with Crippen molar-refractivity contribution in [3.05, 3.63) is 54.1 Å². The molecule has 154 valence electrons. The average molecular weight is 394 g/mol. The van der Waals surface area contributed by atoms with Crippen LogP contribution < -0.4 is 14.5 Å². The van der Waals surface area contributed by atoms with Crippen molar-refractivity contribution < 1.29 is 9.53 Å². The first-order valence-corrected chi connectivity index (χ1v) is 10.7. The smallest absolute Gasteiger partial charge is 0.227 e. The lowest BCUT2D eigenvalue weighted by molar-refractivity contribution is -0.119. The molecule has 1 unspecified atom stereocenters. The van der Waals surface area contributed by atoms with E-state index in [1.807, 2.05) is 19.2 Å². The number of amides is 1. The van der Waals surface area contributed by atoms with E-state index in [0.717, 1.165) is 50.6 Å². The number of carbonyl (C=O) groups is 1. The molecule has 0 saturated carbocycles. The third-order valence-electron chi connectivity index (χ3n) is 6.13. The van der Waals surface area contributed by atoms with Crippen molar-refractivity contribution >= 4 is 17.3 Å². The van der Waals surface area contributed by atoms with Crippen LogP contribution in [0.15, 0.2) is 48.5 Å². The van der Waals surface area contributed by atoms with E-state index >= 15 is 0 Å². The zero-order chi connectivity index (χ0) is 20.2. The van der Waals surface area contributed by atoms with Crippen LogP contribution in [0.3, 0.4) is 0 Å². The number of hydrogen-bond donors (Lipinski definition) is 0. The van der Waals surface area contributed by atoms with Gasteiger partial charge in [-0.25, -0.2) is 0 Å². The van der Waals surface area contributed by atoms with Gasteiger partial charge in [-0.1, -0.05) is 31.2 Å². The summed E-state index contributed by atoms with van der Waals surface area (Å²) in [5.41, 5.74) is 3.54. The van der Waals surface area contributed by atoms with Crippen LogP contribution in [0.25, 0.3) is 0 Å². The van der Waals surface area contributed by atoms with E-state index in [-0.39, 0.29) is 11.8 Å². The molecule has 0 spiro atoms. The Morgan fingerprint density at radius 2 is 1.79 bits per heavy atom. The Labute approximate surface area is 173 Å². The van der Waals surface area contributed by atoms with E-state index in [9.17, 15) is 4.79 Å². The van der Waals surface area contributed by atoms with E-state index in [1.54, 1.807) is 4.90 Å². The fraction of sp³-hybridized carbons (Fsp3) is 0.458. The van der Waals surface area contributed by atoms with Crippen molar-refractivity contribution in [2.24, 2.45) is 0 Å². The quantitative estimate of drug-likeness (QED) is 0.701. The molecule has 0 N–H and O–H groups in total. The molecule has 0 radical (unpaired) electrons. The van der Waals surface area contributed by atoms with Gasteiger partial charge in [0.1, 0.15) is 5.75 Å². The molecule has 29 heavy (non-hydrogen) atoms. The lowest BCUT2D eigenvalue weighted by Crippen LogP contribution is -2.46. The number of ether oxygens (including phenoxy) is 1. The van der Waals surface area contributed by atoms with Crippen molar-refractivity contribution in [2.45, 2.75) is 25.7 Å². The largest absolute Gasteiger partial charge is 0.493 e. The fourth-order valence-electron chi connectivity index (χ4n) is 4.31. The summed E-state index contributed by atoms with van der Waals surface area (Å²) < 4.78 is 6.00. The molecule has 5 heteroatoms. The molecule has 1 saturated heterocycles. The highest BCUT2D eigenvalue weighted by atomic mass is 16.5. The van der Waals surface area contributed by atoms with Crippen molar-refractivity contribution in [2.75, 3.05) is 56.2 Å². The number of carbonyl (C=O) groups excluding carboxylic acids is 1. The van der Waals surface area contributed by atoms with E-state index in [0.29, 0.717) is 13.0 Å². The third-order valence-corrected chi connectivity index (χ3v) is 6.13. The van der Waals surface area contributed by atoms with Gasteiger partial charge in [-0.3, -0.25) is 9.69 Å². The second-order valence-electron chi connectivity index (χ2n) is 8.14. The summed E-state index contributed by atoms with van der Waals surface area (Å²) in [5.74, 6) is 1.31. The molecule has 1 fully saturated rings. The third kappa shape index (κ3) is 4.56. The Hall–Kier alpha value is -2.53. The highest BCUT2D eigenvalue weighted by molar-refractivity contribution is 5.96. The Kier molecular flexibility index (Phi) is 6.05. The van der Waals surface area contributed by atoms with Crippen LogP contribution in [-0.4, -0.2) is 57.2 Å². The molecule has 0 aliphatic carbocycles. The summed E-state index contributed by atoms with van der Waals surface area (Å²) in [6.07, 6.45) is 1.59. The van der Waals surface area contributed by atoms with E-state index < -0.39 is 0 Å². The van der Waals surface area contributed by atoms with Gasteiger partial charge in [0, 0.05) is 57.9 Å². The molecular formula is C24H31N3O2. The highest BCUT2D eigenvalue weighted by Crippen LogP contribution is 2.37. The fourth-order valence-corrected chi connectivity index (χ4v) is 4.31. The van der Waals surface area contributed by atoms with Crippen LogP contribution in [-0.2, 0) is 4.79 Å². The van der Waals surface area contributed by atoms with Crippen molar-refractivity contribution in [1.29, 1.82) is 0 Å². The number of benzene rings is 2. The SMILES string of the molecule is CC1CC(=O)N(C)c2cc(OCCCN3CCN(c4ccccc4)CC3)ccc21. The second kappa shape index (κ2) is 8.87. The first kappa shape index (κ1) is 19.8. The molecule has 1 atom stereocenters. The predicted molar refractivity (Wildman–Crippen MR) is 118 cm³/mol. The number of rotatable bonds is 6. The highest BCUT2D eigenvalue weighted by Gasteiger charge is 2.26.